The normalized spacial score (nSPS) is 15.5. The second-order valence-electron chi connectivity index (χ2n) is 7.13. The second-order valence-corrected chi connectivity index (χ2v) is 7.54. The third kappa shape index (κ3) is 5.74. The van der Waals surface area contributed by atoms with E-state index in [1.165, 1.54) is 7.11 Å². The van der Waals surface area contributed by atoms with Gasteiger partial charge in [0.15, 0.2) is 0 Å². The van der Waals surface area contributed by atoms with Crippen LogP contribution in [0.5, 0.6) is 5.75 Å². The van der Waals surface area contributed by atoms with Crippen LogP contribution < -0.4 is 4.74 Å². The van der Waals surface area contributed by atoms with Crippen LogP contribution in [0.25, 0.3) is 0 Å². The molecule has 0 bridgehead atoms. The number of carbonyl (C=O) groups is 2. The molecule has 0 spiro atoms. The lowest BCUT2D eigenvalue weighted by Gasteiger charge is -2.38. The van der Waals surface area contributed by atoms with Crippen molar-refractivity contribution in [2.75, 3.05) is 39.9 Å². The average Bonchev–Trinajstić information content (AvgIpc) is 2.79. The molecular weight excluding hydrogens is 404 g/mol. The largest absolute Gasteiger partial charge is 0.494 e. The lowest BCUT2D eigenvalue weighted by molar-refractivity contribution is -0.148. The molecule has 2 aromatic rings. The number of ether oxygens (including phenoxy) is 2. The van der Waals surface area contributed by atoms with E-state index in [-0.39, 0.29) is 11.9 Å². The number of rotatable bonds is 8. The predicted octanol–water partition coefficient (Wildman–Crippen LogP) is 3.56. The van der Waals surface area contributed by atoms with Gasteiger partial charge in [-0.25, -0.2) is 4.79 Å². The standard InChI is InChI=1S/C23H27ClN2O4/c1-29-23(28)22(19-10-5-6-11-20(19)24)26-15-13-25(14-16-26)21(27)12-7-17-30-18-8-3-2-4-9-18/h2-6,8-11,22H,7,12-17H2,1H3. The van der Waals surface area contributed by atoms with Crippen molar-refractivity contribution < 1.29 is 19.1 Å². The Kier molecular flexibility index (Phi) is 8.11. The van der Waals surface area contributed by atoms with Crippen molar-refractivity contribution in [2.45, 2.75) is 18.9 Å². The van der Waals surface area contributed by atoms with Crippen LogP contribution in [0.15, 0.2) is 54.6 Å². The SMILES string of the molecule is COC(=O)C(c1ccccc1Cl)N1CCN(C(=O)CCCOc2ccccc2)CC1. The summed E-state index contributed by atoms with van der Waals surface area (Å²) in [7, 11) is 1.38. The molecule has 0 saturated carbocycles. The number of carbonyl (C=O) groups excluding carboxylic acids is 2. The van der Waals surface area contributed by atoms with Crippen molar-refractivity contribution in [3.05, 3.63) is 65.2 Å². The summed E-state index contributed by atoms with van der Waals surface area (Å²) in [6, 6.07) is 16.3. The van der Waals surface area contributed by atoms with Crippen molar-refractivity contribution in [3.63, 3.8) is 0 Å². The van der Waals surface area contributed by atoms with Gasteiger partial charge in [0, 0.05) is 37.6 Å². The molecule has 1 atom stereocenters. The van der Waals surface area contributed by atoms with Crippen molar-refractivity contribution >= 4 is 23.5 Å². The molecule has 0 aromatic heterocycles. The van der Waals surface area contributed by atoms with Gasteiger partial charge in [-0.15, -0.1) is 0 Å². The summed E-state index contributed by atoms with van der Waals surface area (Å²) in [4.78, 5) is 28.9. The number of para-hydroxylation sites is 1. The number of hydrogen-bond acceptors (Lipinski definition) is 5. The van der Waals surface area contributed by atoms with E-state index >= 15 is 0 Å². The Balaban J connectivity index is 1.49. The van der Waals surface area contributed by atoms with Gasteiger partial charge in [-0.1, -0.05) is 48.0 Å². The molecule has 0 N–H and O–H groups in total. The van der Waals surface area contributed by atoms with Gasteiger partial charge in [0.2, 0.25) is 5.91 Å². The van der Waals surface area contributed by atoms with E-state index in [9.17, 15) is 9.59 Å². The first-order valence-electron chi connectivity index (χ1n) is 10.1. The molecule has 6 nitrogen and oxygen atoms in total. The summed E-state index contributed by atoms with van der Waals surface area (Å²) in [6.45, 7) is 2.80. The summed E-state index contributed by atoms with van der Waals surface area (Å²) in [5.74, 6) is 0.576. The number of nitrogens with zero attached hydrogens (tertiary/aromatic N) is 2. The molecule has 1 fully saturated rings. The molecule has 160 valence electrons. The van der Waals surface area contributed by atoms with Gasteiger partial charge >= 0.3 is 5.97 Å². The third-order valence-electron chi connectivity index (χ3n) is 5.20. The van der Waals surface area contributed by atoms with Crippen LogP contribution in [0.4, 0.5) is 0 Å². The molecular formula is C23H27ClN2O4. The Morgan fingerprint density at radius 1 is 1.00 bits per heavy atom. The fourth-order valence-corrected chi connectivity index (χ4v) is 3.84. The minimum absolute atomic E-state index is 0.110. The molecule has 1 amide bonds. The van der Waals surface area contributed by atoms with Gasteiger partial charge in [0.05, 0.1) is 13.7 Å². The van der Waals surface area contributed by atoms with Crippen LogP contribution in [-0.4, -0.2) is 61.6 Å². The van der Waals surface area contributed by atoms with E-state index < -0.39 is 6.04 Å². The van der Waals surface area contributed by atoms with Gasteiger partial charge in [0.25, 0.3) is 0 Å². The zero-order chi connectivity index (χ0) is 21.3. The Morgan fingerprint density at radius 2 is 1.67 bits per heavy atom. The molecule has 1 aliphatic rings. The summed E-state index contributed by atoms with van der Waals surface area (Å²) in [5.41, 5.74) is 0.726. The maximum absolute atomic E-state index is 12.5. The maximum Gasteiger partial charge on any atom is 0.327 e. The lowest BCUT2D eigenvalue weighted by Crippen LogP contribution is -2.51. The van der Waals surface area contributed by atoms with Crippen LogP contribution >= 0.6 is 11.6 Å². The van der Waals surface area contributed by atoms with Crippen molar-refractivity contribution in [2.24, 2.45) is 0 Å². The fourth-order valence-electron chi connectivity index (χ4n) is 3.60. The number of benzene rings is 2. The Bertz CT molecular complexity index is 838. The van der Waals surface area contributed by atoms with Crippen molar-refractivity contribution in [3.8, 4) is 5.75 Å². The van der Waals surface area contributed by atoms with Crippen LogP contribution in [-0.2, 0) is 14.3 Å². The number of methoxy groups -OCH3 is 1. The second kappa shape index (κ2) is 11.0. The smallest absolute Gasteiger partial charge is 0.327 e. The highest BCUT2D eigenvalue weighted by atomic mass is 35.5. The van der Waals surface area contributed by atoms with Crippen LogP contribution in [0.1, 0.15) is 24.4 Å². The molecule has 1 saturated heterocycles. The third-order valence-corrected chi connectivity index (χ3v) is 5.55. The van der Waals surface area contributed by atoms with E-state index in [1.807, 2.05) is 58.3 Å². The van der Waals surface area contributed by atoms with Gasteiger partial charge in [-0.05, 0) is 30.2 Å². The highest BCUT2D eigenvalue weighted by molar-refractivity contribution is 6.31. The summed E-state index contributed by atoms with van der Waals surface area (Å²) >= 11 is 6.32. The zero-order valence-corrected chi connectivity index (χ0v) is 17.9. The summed E-state index contributed by atoms with van der Waals surface area (Å²) in [6.07, 6.45) is 1.11. The van der Waals surface area contributed by atoms with Gasteiger partial charge < -0.3 is 14.4 Å². The molecule has 2 aromatic carbocycles. The molecule has 3 rings (SSSR count). The highest BCUT2D eigenvalue weighted by Crippen LogP contribution is 2.29. The maximum atomic E-state index is 12.5. The lowest BCUT2D eigenvalue weighted by atomic mass is 10.0. The predicted molar refractivity (Wildman–Crippen MR) is 116 cm³/mol. The van der Waals surface area contributed by atoms with Crippen LogP contribution in [0.2, 0.25) is 5.02 Å². The van der Waals surface area contributed by atoms with Gasteiger partial charge in [-0.3, -0.25) is 9.69 Å². The topological polar surface area (TPSA) is 59.1 Å². The number of esters is 1. The fraction of sp³-hybridized carbons (Fsp3) is 0.391. The number of hydrogen-bond donors (Lipinski definition) is 0. The number of halogens is 1. The first-order chi connectivity index (χ1) is 14.6. The summed E-state index contributed by atoms with van der Waals surface area (Å²) in [5, 5.41) is 0.532. The molecule has 30 heavy (non-hydrogen) atoms. The molecule has 1 heterocycles. The Hall–Kier alpha value is -2.57. The van der Waals surface area contributed by atoms with Crippen LogP contribution in [0.3, 0.4) is 0 Å². The van der Waals surface area contributed by atoms with Gasteiger partial charge in [0.1, 0.15) is 11.8 Å². The monoisotopic (exact) mass is 430 g/mol. The molecule has 1 unspecified atom stereocenters. The van der Waals surface area contributed by atoms with E-state index in [2.05, 4.69) is 0 Å². The summed E-state index contributed by atoms with van der Waals surface area (Å²) < 4.78 is 10.7. The van der Waals surface area contributed by atoms with Crippen molar-refractivity contribution in [1.29, 1.82) is 0 Å². The Morgan fingerprint density at radius 3 is 2.33 bits per heavy atom. The Labute approximate surface area is 182 Å². The van der Waals surface area contributed by atoms with E-state index in [4.69, 9.17) is 21.1 Å². The molecule has 0 aliphatic carbocycles. The molecule has 7 heteroatoms. The van der Waals surface area contributed by atoms with Crippen LogP contribution in [0, 0.1) is 0 Å². The molecule has 0 radical (unpaired) electrons. The molecule has 1 aliphatic heterocycles. The minimum Gasteiger partial charge on any atom is -0.494 e. The van der Waals surface area contributed by atoms with Gasteiger partial charge in [-0.2, -0.15) is 0 Å². The van der Waals surface area contributed by atoms with E-state index in [0.717, 1.165) is 11.3 Å². The zero-order valence-electron chi connectivity index (χ0n) is 17.1. The first kappa shape index (κ1) is 22.1. The number of amides is 1. The average molecular weight is 431 g/mol. The van der Waals surface area contributed by atoms with Crippen molar-refractivity contribution in [1.82, 2.24) is 9.80 Å². The quantitative estimate of drug-likeness (QED) is 0.473. The van der Waals surface area contributed by atoms with E-state index in [0.29, 0.717) is 50.7 Å². The van der Waals surface area contributed by atoms with E-state index in [1.54, 1.807) is 6.07 Å². The minimum atomic E-state index is -0.569. The first-order valence-corrected chi connectivity index (χ1v) is 10.5. The highest BCUT2D eigenvalue weighted by Gasteiger charge is 2.33. The number of piperazine rings is 1.